The average Bonchev–Trinajstić information content (AvgIpc) is 2.97. The molecule has 2 aromatic rings. The largest absolute Gasteiger partial charge is 0.464 e. The fourth-order valence-electron chi connectivity index (χ4n) is 2.04. The molecule has 0 aliphatic rings. The summed E-state index contributed by atoms with van der Waals surface area (Å²) in [5.74, 6) is 0.732. The van der Waals surface area contributed by atoms with Gasteiger partial charge in [0, 0.05) is 5.56 Å². The van der Waals surface area contributed by atoms with E-state index in [1.165, 1.54) is 0 Å². The SMILES string of the molecule is CC(C)(C)OC(=O)N[C@H](CO)c1cccc(-c2ccco2)c1. The van der Waals surface area contributed by atoms with Crippen molar-refractivity contribution in [3.05, 3.63) is 48.2 Å². The number of ether oxygens (including phenoxy) is 1. The van der Waals surface area contributed by atoms with Gasteiger partial charge in [-0.1, -0.05) is 18.2 Å². The number of hydrogen-bond acceptors (Lipinski definition) is 4. The molecule has 1 atom stereocenters. The Kier molecular flexibility index (Phi) is 4.88. The van der Waals surface area contributed by atoms with Crippen LogP contribution in [0.2, 0.25) is 0 Å². The highest BCUT2D eigenvalue weighted by atomic mass is 16.6. The minimum atomic E-state index is -0.583. The van der Waals surface area contributed by atoms with Gasteiger partial charge in [-0.3, -0.25) is 0 Å². The highest BCUT2D eigenvalue weighted by molar-refractivity contribution is 5.68. The first kappa shape index (κ1) is 16.1. The number of nitrogens with one attached hydrogen (secondary N) is 1. The Bertz CT molecular complexity index is 614. The monoisotopic (exact) mass is 303 g/mol. The number of amides is 1. The Labute approximate surface area is 129 Å². The van der Waals surface area contributed by atoms with Gasteiger partial charge in [-0.2, -0.15) is 0 Å². The van der Waals surface area contributed by atoms with Crippen LogP contribution in [-0.2, 0) is 4.74 Å². The van der Waals surface area contributed by atoms with Crippen molar-refractivity contribution >= 4 is 6.09 Å². The molecule has 0 fully saturated rings. The third-order valence-corrected chi connectivity index (χ3v) is 2.97. The zero-order chi connectivity index (χ0) is 16.2. The van der Waals surface area contributed by atoms with E-state index in [-0.39, 0.29) is 6.61 Å². The number of rotatable bonds is 4. The molecule has 5 heteroatoms. The fraction of sp³-hybridized carbons (Fsp3) is 0.353. The van der Waals surface area contributed by atoms with Crippen LogP contribution in [0, 0.1) is 0 Å². The van der Waals surface area contributed by atoms with E-state index in [9.17, 15) is 9.90 Å². The molecule has 1 heterocycles. The minimum absolute atomic E-state index is 0.221. The van der Waals surface area contributed by atoms with Gasteiger partial charge in [0.1, 0.15) is 11.4 Å². The topological polar surface area (TPSA) is 71.7 Å². The van der Waals surface area contributed by atoms with Crippen molar-refractivity contribution in [1.82, 2.24) is 5.32 Å². The molecule has 1 aromatic heterocycles. The van der Waals surface area contributed by atoms with Crippen LogP contribution in [-0.4, -0.2) is 23.4 Å². The molecule has 22 heavy (non-hydrogen) atoms. The third kappa shape index (κ3) is 4.36. The van der Waals surface area contributed by atoms with E-state index in [1.807, 2.05) is 36.4 Å². The molecular formula is C17H21NO4. The van der Waals surface area contributed by atoms with Crippen molar-refractivity contribution in [2.45, 2.75) is 32.4 Å². The second-order valence-electron chi connectivity index (χ2n) is 5.98. The van der Waals surface area contributed by atoms with Crippen LogP contribution >= 0.6 is 0 Å². The number of furan rings is 1. The van der Waals surface area contributed by atoms with Crippen molar-refractivity contribution < 1.29 is 19.1 Å². The molecule has 1 amide bonds. The Balaban J connectivity index is 2.14. The molecule has 2 N–H and O–H groups in total. The Hall–Kier alpha value is -2.27. The highest BCUT2D eigenvalue weighted by Crippen LogP contribution is 2.24. The second-order valence-corrected chi connectivity index (χ2v) is 5.98. The van der Waals surface area contributed by atoms with Crippen LogP contribution in [0.3, 0.4) is 0 Å². The summed E-state index contributed by atoms with van der Waals surface area (Å²) in [6.07, 6.45) is 1.04. The highest BCUT2D eigenvalue weighted by Gasteiger charge is 2.20. The number of aliphatic hydroxyl groups excluding tert-OH is 1. The van der Waals surface area contributed by atoms with Crippen molar-refractivity contribution in [1.29, 1.82) is 0 Å². The number of alkyl carbamates (subject to hydrolysis) is 1. The Morgan fingerprint density at radius 1 is 1.32 bits per heavy atom. The summed E-state index contributed by atoms with van der Waals surface area (Å²) in [6.45, 7) is 5.15. The predicted molar refractivity (Wildman–Crippen MR) is 83.3 cm³/mol. The summed E-state index contributed by atoms with van der Waals surface area (Å²) in [6, 6.07) is 10.6. The van der Waals surface area contributed by atoms with Gasteiger partial charge in [0.15, 0.2) is 0 Å². The van der Waals surface area contributed by atoms with E-state index in [2.05, 4.69) is 5.32 Å². The molecule has 0 spiro atoms. The number of carbonyl (C=O) groups is 1. The first-order valence-electron chi connectivity index (χ1n) is 7.13. The van der Waals surface area contributed by atoms with E-state index >= 15 is 0 Å². The lowest BCUT2D eigenvalue weighted by molar-refractivity contribution is 0.0482. The summed E-state index contributed by atoms with van der Waals surface area (Å²) < 4.78 is 10.6. The van der Waals surface area contributed by atoms with Crippen LogP contribution in [0.1, 0.15) is 32.4 Å². The van der Waals surface area contributed by atoms with Crippen molar-refractivity contribution in [2.75, 3.05) is 6.61 Å². The molecule has 0 aliphatic heterocycles. The maximum atomic E-state index is 11.9. The van der Waals surface area contributed by atoms with E-state index < -0.39 is 17.7 Å². The maximum Gasteiger partial charge on any atom is 0.408 e. The van der Waals surface area contributed by atoms with Gasteiger partial charge >= 0.3 is 6.09 Å². The molecule has 1 aromatic carbocycles. The molecule has 0 saturated carbocycles. The molecule has 5 nitrogen and oxygen atoms in total. The van der Waals surface area contributed by atoms with Crippen molar-refractivity contribution in [3.8, 4) is 11.3 Å². The van der Waals surface area contributed by atoms with Crippen molar-refractivity contribution in [3.63, 3.8) is 0 Å². The standard InChI is InChI=1S/C17H21NO4/c1-17(2,3)22-16(20)18-14(11-19)12-6-4-7-13(10-12)15-8-5-9-21-15/h4-10,14,19H,11H2,1-3H3,(H,18,20)/t14-/m1/s1. The number of aliphatic hydroxyl groups is 1. The molecule has 0 bridgehead atoms. The third-order valence-electron chi connectivity index (χ3n) is 2.97. The van der Waals surface area contributed by atoms with E-state index in [0.717, 1.165) is 16.9 Å². The summed E-state index contributed by atoms with van der Waals surface area (Å²) in [5.41, 5.74) is 1.08. The minimum Gasteiger partial charge on any atom is -0.464 e. The summed E-state index contributed by atoms with van der Waals surface area (Å²) >= 11 is 0. The molecule has 118 valence electrons. The van der Waals surface area contributed by atoms with Gasteiger partial charge in [0.2, 0.25) is 0 Å². The van der Waals surface area contributed by atoms with Crippen LogP contribution in [0.4, 0.5) is 4.79 Å². The molecule has 0 unspecified atom stereocenters. The van der Waals surface area contributed by atoms with Gasteiger partial charge < -0.3 is 19.6 Å². The lowest BCUT2D eigenvalue weighted by Crippen LogP contribution is -2.36. The zero-order valence-corrected chi connectivity index (χ0v) is 13.0. The van der Waals surface area contributed by atoms with Crippen LogP contribution in [0.15, 0.2) is 47.1 Å². The van der Waals surface area contributed by atoms with E-state index in [0.29, 0.717) is 0 Å². The summed E-state index contributed by atoms with van der Waals surface area (Å²) in [5, 5.41) is 12.2. The quantitative estimate of drug-likeness (QED) is 0.906. The number of hydrogen-bond donors (Lipinski definition) is 2. The molecule has 0 saturated heterocycles. The first-order valence-corrected chi connectivity index (χ1v) is 7.13. The van der Waals surface area contributed by atoms with Crippen LogP contribution in [0.25, 0.3) is 11.3 Å². The van der Waals surface area contributed by atoms with Gasteiger partial charge in [0.25, 0.3) is 0 Å². The van der Waals surface area contributed by atoms with Gasteiger partial charge in [0.05, 0.1) is 18.9 Å². The lowest BCUT2D eigenvalue weighted by atomic mass is 10.0. The fourth-order valence-corrected chi connectivity index (χ4v) is 2.04. The van der Waals surface area contributed by atoms with E-state index in [1.54, 1.807) is 27.0 Å². The second kappa shape index (κ2) is 6.66. The Morgan fingerprint density at radius 2 is 2.09 bits per heavy atom. The maximum absolute atomic E-state index is 11.9. The van der Waals surface area contributed by atoms with Gasteiger partial charge in [-0.25, -0.2) is 4.79 Å². The molecular weight excluding hydrogens is 282 g/mol. The van der Waals surface area contributed by atoms with Crippen LogP contribution < -0.4 is 5.32 Å². The van der Waals surface area contributed by atoms with Crippen molar-refractivity contribution in [2.24, 2.45) is 0 Å². The summed E-state index contributed by atoms with van der Waals surface area (Å²) in [4.78, 5) is 11.9. The zero-order valence-electron chi connectivity index (χ0n) is 13.0. The first-order chi connectivity index (χ1) is 10.4. The normalized spacial score (nSPS) is 12.7. The smallest absolute Gasteiger partial charge is 0.408 e. The van der Waals surface area contributed by atoms with Crippen LogP contribution in [0.5, 0.6) is 0 Å². The molecule has 2 rings (SSSR count). The van der Waals surface area contributed by atoms with Gasteiger partial charge in [-0.05, 0) is 44.5 Å². The average molecular weight is 303 g/mol. The Morgan fingerprint density at radius 3 is 2.68 bits per heavy atom. The van der Waals surface area contributed by atoms with E-state index in [4.69, 9.17) is 9.15 Å². The summed E-state index contributed by atoms with van der Waals surface area (Å²) in [7, 11) is 0. The predicted octanol–water partition coefficient (Wildman–Crippen LogP) is 3.50. The number of benzene rings is 1. The van der Waals surface area contributed by atoms with Gasteiger partial charge in [-0.15, -0.1) is 0 Å². The molecule has 0 radical (unpaired) electrons. The molecule has 0 aliphatic carbocycles. The number of carbonyl (C=O) groups excluding carboxylic acids is 1. The lowest BCUT2D eigenvalue weighted by Gasteiger charge is -2.23.